The highest BCUT2D eigenvalue weighted by Crippen LogP contribution is 2.47. The minimum absolute atomic E-state index is 0.0984. The molecule has 7 nitrogen and oxygen atoms in total. The van der Waals surface area contributed by atoms with Crippen molar-refractivity contribution < 1.29 is 9.59 Å². The molecule has 8 heteroatoms. The molecule has 3 aliphatic heterocycles. The lowest BCUT2D eigenvalue weighted by molar-refractivity contribution is -0.144. The van der Waals surface area contributed by atoms with Gasteiger partial charge in [-0.2, -0.15) is 5.10 Å². The quantitative estimate of drug-likeness (QED) is 0.803. The van der Waals surface area contributed by atoms with Gasteiger partial charge in [-0.25, -0.2) is 9.67 Å². The van der Waals surface area contributed by atoms with E-state index in [2.05, 4.69) is 17.0 Å². The van der Waals surface area contributed by atoms with Crippen LogP contribution in [0, 0.1) is 0 Å². The van der Waals surface area contributed by atoms with Crippen molar-refractivity contribution in [2.45, 2.75) is 49.6 Å². The van der Waals surface area contributed by atoms with E-state index in [0.717, 1.165) is 25.8 Å². The first-order valence-corrected chi connectivity index (χ1v) is 9.16. The van der Waals surface area contributed by atoms with E-state index in [0.29, 0.717) is 18.7 Å². The third-order valence-corrected chi connectivity index (χ3v) is 6.75. The average molecular weight is 335 g/mol. The Hall–Kier alpha value is -1.57. The monoisotopic (exact) mass is 335 g/mol. The summed E-state index contributed by atoms with van der Waals surface area (Å²) in [7, 11) is 0. The molecule has 3 aliphatic rings. The van der Waals surface area contributed by atoms with Crippen LogP contribution in [0.1, 0.15) is 38.6 Å². The van der Waals surface area contributed by atoms with E-state index in [1.54, 1.807) is 18.1 Å². The number of amides is 2. The maximum Gasteiger partial charge on any atom is 0.246 e. The van der Waals surface area contributed by atoms with Crippen LogP contribution in [-0.2, 0) is 9.59 Å². The standard InChI is InChI=1S/C15H21N5O2S/c1-15-5-4-13(21)20(15)12(8-23-15)14(22)18-6-2-3-11(7-18)19-10-16-9-17-19/h9-12H,2-8H2,1H3. The van der Waals surface area contributed by atoms with E-state index in [1.165, 1.54) is 6.33 Å². The van der Waals surface area contributed by atoms with Gasteiger partial charge in [-0.1, -0.05) is 0 Å². The molecule has 1 aromatic heterocycles. The van der Waals surface area contributed by atoms with Crippen LogP contribution in [0.2, 0.25) is 0 Å². The lowest BCUT2D eigenvalue weighted by Gasteiger charge is -2.37. The van der Waals surface area contributed by atoms with Gasteiger partial charge < -0.3 is 9.80 Å². The third kappa shape index (κ3) is 2.43. The summed E-state index contributed by atoms with van der Waals surface area (Å²) in [5, 5.41) is 4.21. The maximum atomic E-state index is 13.0. The highest BCUT2D eigenvalue weighted by molar-refractivity contribution is 8.01. The summed E-state index contributed by atoms with van der Waals surface area (Å²) in [5.41, 5.74) is 0. The lowest BCUT2D eigenvalue weighted by Crippen LogP contribution is -2.53. The molecular weight excluding hydrogens is 314 g/mol. The molecule has 4 heterocycles. The summed E-state index contributed by atoms with van der Waals surface area (Å²) in [6.07, 6.45) is 6.62. The Morgan fingerprint density at radius 3 is 3.13 bits per heavy atom. The minimum Gasteiger partial charge on any atom is -0.339 e. The van der Waals surface area contributed by atoms with E-state index >= 15 is 0 Å². The van der Waals surface area contributed by atoms with E-state index in [-0.39, 0.29) is 28.8 Å². The molecule has 0 bridgehead atoms. The Morgan fingerprint density at radius 2 is 2.35 bits per heavy atom. The molecule has 3 unspecified atom stereocenters. The number of fused-ring (bicyclic) bond motifs is 1. The van der Waals surface area contributed by atoms with Gasteiger partial charge in [0.2, 0.25) is 11.8 Å². The molecule has 3 atom stereocenters. The van der Waals surface area contributed by atoms with Crippen LogP contribution in [-0.4, -0.2) is 66.1 Å². The van der Waals surface area contributed by atoms with Gasteiger partial charge in [-0.15, -0.1) is 11.8 Å². The molecule has 0 saturated carbocycles. The summed E-state index contributed by atoms with van der Waals surface area (Å²) >= 11 is 1.75. The first-order valence-electron chi connectivity index (χ1n) is 8.17. The highest BCUT2D eigenvalue weighted by Gasteiger charge is 2.53. The van der Waals surface area contributed by atoms with Crippen molar-refractivity contribution >= 4 is 23.6 Å². The fraction of sp³-hybridized carbons (Fsp3) is 0.733. The Kier molecular flexibility index (Phi) is 3.59. The number of piperidine rings is 1. The highest BCUT2D eigenvalue weighted by atomic mass is 32.2. The number of aromatic nitrogens is 3. The molecule has 4 rings (SSSR count). The lowest BCUT2D eigenvalue weighted by atomic mass is 10.0. The number of nitrogens with zero attached hydrogens (tertiary/aromatic N) is 5. The summed E-state index contributed by atoms with van der Waals surface area (Å²) in [6.45, 7) is 3.51. The predicted molar refractivity (Wildman–Crippen MR) is 85.6 cm³/mol. The second kappa shape index (κ2) is 5.51. The number of carbonyl (C=O) groups excluding carboxylic acids is 2. The number of thioether (sulfide) groups is 1. The summed E-state index contributed by atoms with van der Waals surface area (Å²) in [5.74, 6) is 0.938. The Morgan fingerprint density at radius 1 is 1.48 bits per heavy atom. The van der Waals surface area contributed by atoms with E-state index < -0.39 is 0 Å². The van der Waals surface area contributed by atoms with Crippen LogP contribution in [0.25, 0.3) is 0 Å². The summed E-state index contributed by atoms with van der Waals surface area (Å²) in [4.78, 5) is 32.8. The van der Waals surface area contributed by atoms with Gasteiger partial charge in [0.25, 0.3) is 0 Å². The largest absolute Gasteiger partial charge is 0.339 e. The van der Waals surface area contributed by atoms with Crippen LogP contribution >= 0.6 is 11.8 Å². The molecule has 3 fully saturated rings. The van der Waals surface area contributed by atoms with Crippen molar-refractivity contribution in [1.29, 1.82) is 0 Å². The minimum atomic E-state index is -0.297. The van der Waals surface area contributed by atoms with Crippen molar-refractivity contribution in [3.63, 3.8) is 0 Å². The van der Waals surface area contributed by atoms with Crippen LogP contribution in [0.3, 0.4) is 0 Å². The molecule has 23 heavy (non-hydrogen) atoms. The predicted octanol–water partition coefficient (Wildman–Crippen LogP) is 0.896. The molecule has 3 saturated heterocycles. The summed E-state index contributed by atoms with van der Waals surface area (Å²) in [6, 6.07) is -0.112. The van der Waals surface area contributed by atoms with Gasteiger partial charge >= 0.3 is 0 Å². The number of carbonyl (C=O) groups is 2. The zero-order valence-corrected chi connectivity index (χ0v) is 14.0. The zero-order valence-electron chi connectivity index (χ0n) is 13.2. The molecule has 0 radical (unpaired) electrons. The molecule has 0 aliphatic carbocycles. The van der Waals surface area contributed by atoms with Gasteiger partial charge in [-0.05, 0) is 26.2 Å². The van der Waals surface area contributed by atoms with Crippen molar-refractivity contribution in [3.8, 4) is 0 Å². The second-order valence-electron chi connectivity index (χ2n) is 6.72. The van der Waals surface area contributed by atoms with Gasteiger partial charge in [-0.3, -0.25) is 9.59 Å². The fourth-order valence-corrected chi connectivity index (χ4v) is 5.41. The van der Waals surface area contributed by atoms with Crippen LogP contribution in [0.5, 0.6) is 0 Å². The second-order valence-corrected chi connectivity index (χ2v) is 8.22. The maximum absolute atomic E-state index is 13.0. The normalized spacial score (nSPS) is 34.0. The average Bonchev–Trinajstić information content (AvgIpc) is 3.25. The first kappa shape index (κ1) is 15.0. The molecule has 0 spiro atoms. The number of rotatable bonds is 2. The zero-order chi connectivity index (χ0) is 16.0. The van der Waals surface area contributed by atoms with Crippen molar-refractivity contribution in [2.24, 2.45) is 0 Å². The van der Waals surface area contributed by atoms with Gasteiger partial charge in [0, 0.05) is 25.3 Å². The van der Waals surface area contributed by atoms with Crippen LogP contribution < -0.4 is 0 Å². The molecule has 0 aromatic carbocycles. The van der Waals surface area contributed by atoms with Crippen molar-refractivity contribution in [3.05, 3.63) is 12.7 Å². The Labute approximate surface area is 139 Å². The van der Waals surface area contributed by atoms with E-state index in [1.807, 2.05) is 14.5 Å². The Balaban J connectivity index is 1.49. The smallest absolute Gasteiger partial charge is 0.246 e. The summed E-state index contributed by atoms with van der Waals surface area (Å²) < 4.78 is 1.84. The SMILES string of the molecule is CC12CCC(=O)N1C(C(=O)N1CCCC(n3cncn3)C1)CS2. The van der Waals surface area contributed by atoms with Gasteiger partial charge in [0.05, 0.1) is 10.9 Å². The number of likely N-dealkylation sites (tertiary alicyclic amines) is 1. The third-order valence-electron chi connectivity index (χ3n) is 5.25. The molecule has 124 valence electrons. The molecule has 1 aromatic rings. The molecular formula is C15H21N5O2S. The number of hydrogen-bond acceptors (Lipinski definition) is 5. The van der Waals surface area contributed by atoms with E-state index in [9.17, 15) is 9.59 Å². The number of hydrogen-bond donors (Lipinski definition) is 0. The Bertz CT molecular complexity index is 621. The molecule has 2 amide bonds. The van der Waals surface area contributed by atoms with Gasteiger partial charge in [0.15, 0.2) is 0 Å². The van der Waals surface area contributed by atoms with Crippen LogP contribution in [0.15, 0.2) is 12.7 Å². The first-order chi connectivity index (χ1) is 11.1. The molecule has 0 N–H and O–H groups in total. The topological polar surface area (TPSA) is 71.3 Å². The van der Waals surface area contributed by atoms with Crippen molar-refractivity contribution in [2.75, 3.05) is 18.8 Å². The van der Waals surface area contributed by atoms with E-state index in [4.69, 9.17) is 0 Å². The van der Waals surface area contributed by atoms with Crippen molar-refractivity contribution in [1.82, 2.24) is 24.6 Å². The fourth-order valence-electron chi connectivity index (χ4n) is 3.99. The van der Waals surface area contributed by atoms with Gasteiger partial charge in [0.1, 0.15) is 18.7 Å². The van der Waals surface area contributed by atoms with Crippen LogP contribution in [0.4, 0.5) is 0 Å².